The van der Waals surface area contributed by atoms with Crippen molar-refractivity contribution in [3.63, 3.8) is 0 Å². The Morgan fingerprint density at radius 2 is 1.57 bits per heavy atom. The fourth-order valence-corrected chi connectivity index (χ4v) is 2.92. The molecule has 1 saturated carbocycles. The van der Waals surface area contributed by atoms with Crippen molar-refractivity contribution in [2.75, 3.05) is 21.3 Å². The first kappa shape index (κ1) is 15.5. The Hall–Kier alpha value is -2.42. The van der Waals surface area contributed by atoms with Crippen molar-refractivity contribution >= 4 is 6.08 Å². The van der Waals surface area contributed by atoms with E-state index in [1.165, 1.54) is 11.1 Å². The van der Waals surface area contributed by atoms with Gasteiger partial charge in [-0.25, -0.2) is 0 Å². The van der Waals surface area contributed by atoms with E-state index in [0.29, 0.717) is 17.6 Å². The highest BCUT2D eigenvalue weighted by molar-refractivity contribution is 5.56. The molecule has 2 aromatic rings. The van der Waals surface area contributed by atoms with Crippen LogP contribution in [0.15, 0.2) is 48.5 Å². The zero-order valence-electron chi connectivity index (χ0n) is 13.8. The van der Waals surface area contributed by atoms with Crippen molar-refractivity contribution in [3.05, 3.63) is 59.7 Å². The van der Waals surface area contributed by atoms with E-state index in [1.807, 2.05) is 6.07 Å². The molecule has 0 unspecified atom stereocenters. The highest BCUT2D eigenvalue weighted by atomic mass is 16.5. The first-order valence-electron chi connectivity index (χ1n) is 7.80. The number of hydrogen-bond acceptors (Lipinski definition) is 3. The molecule has 2 aromatic carbocycles. The summed E-state index contributed by atoms with van der Waals surface area (Å²) in [5.74, 6) is 3.18. The second kappa shape index (κ2) is 6.78. The van der Waals surface area contributed by atoms with E-state index in [1.54, 1.807) is 21.3 Å². The van der Waals surface area contributed by atoms with Crippen LogP contribution in [0.4, 0.5) is 0 Å². The fraction of sp³-hybridized carbons (Fsp3) is 0.300. The molecule has 0 aromatic heterocycles. The molecule has 0 N–H and O–H groups in total. The number of rotatable bonds is 6. The fourth-order valence-electron chi connectivity index (χ4n) is 2.92. The molecular weight excluding hydrogens is 288 g/mol. The van der Waals surface area contributed by atoms with Crippen LogP contribution in [0.1, 0.15) is 23.5 Å². The van der Waals surface area contributed by atoms with Gasteiger partial charge in [-0.2, -0.15) is 0 Å². The molecule has 0 spiro atoms. The predicted octanol–water partition coefficient (Wildman–Crippen LogP) is 4.53. The summed E-state index contributed by atoms with van der Waals surface area (Å²) in [5, 5.41) is 0. The Bertz CT molecular complexity index is 666. The van der Waals surface area contributed by atoms with Crippen molar-refractivity contribution in [2.45, 2.75) is 12.3 Å². The van der Waals surface area contributed by atoms with E-state index in [-0.39, 0.29) is 0 Å². The summed E-state index contributed by atoms with van der Waals surface area (Å²) in [7, 11) is 4.93. The Balaban J connectivity index is 1.77. The molecule has 0 heterocycles. The van der Waals surface area contributed by atoms with Crippen LogP contribution in [0.2, 0.25) is 0 Å². The molecule has 2 atom stereocenters. The molecule has 0 amide bonds. The maximum absolute atomic E-state index is 5.44. The summed E-state index contributed by atoms with van der Waals surface area (Å²) in [6.07, 6.45) is 5.65. The summed E-state index contributed by atoms with van der Waals surface area (Å²) in [6.45, 7) is 0. The SMILES string of the molecule is COc1cc([C@H]2C[C@H]2/C=C/c2ccccc2)cc(OC)c1OC. The molecule has 0 saturated heterocycles. The van der Waals surface area contributed by atoms with Crippen LogP contribution in [-0.4, -0.2) is 21.3 Å². The van der Waals surface area contributed by atoms with Crippen LogP contribution in [0.5, 0.6) is 17.2 Å². The molecule has 23 heavy (non-hydrogen) atoms. The van der Waals surface area contributed by atoms with Gasteiger partial charge in [-0.1, -0.05) is 42.5 Å². The van der Waals surface area contributed by atoms with Crippen molar-refractivity contribution in [1.29, 1.82) is 0 Å². The van der Waals surface area contributed by atoms with Gasteiger partial charge >= 0.3 is 0 Å². The topological polar surface area (TPSA) is 27.7 Å². The average molecular weight is 310 g/mol. The van der Waals surface area contributed by atoms with Crippen LogP contribution in [-0.2, 0) is 0 Å². The Morgan fingerprint density at radius 3 is 2.13 bits per heavy atom. The maximum Gasteiger partial charge on any atom is 0.203 e. The van der Waals surface area contributed by atoms with Crippen molar-refractivity contribution < 1.29 is 14.2 Å². The van der Waals surface area contributed by atoms with E-state index >= 15 is 0 Å². The maximum atomic E-state index is 5.44. The molecule has 3 heteroatoms. The number of ether oxygens (including phenoxy) is 3. The lowest BCUT2D eigenvalue weighted by Crippen LogP contribution is -1.96. The van der Waals surface area contributed by atoms with Gasteiger partial charge in [0.1, 0.15) is 0 Å². The average Bonchev–Trinajstić information content (AvgIpc) is 3.39. The zero-order valence-corrected chi connectivity index (χ0v) is 13.8. The first-order valence-corrected chi connectivity index (χ1v) is 7.80. The summed E-state index contributed by atoms with van der Waals surface area (Å²) in [4.78, 5) is 0. The van der Waals surface area contributed by atoms with Gasteiger partial charge in [0.15, 0.2) is 11.5 Å². The predicted molar refractivity (Wildman–Crippen MR) is 92.4 cm³/mol. The van der Waals surface area contributed by atoms with Crippen LogP contribution in [0, 0.1) is 5.92 Å². The van der Waals surface area contributed by atoms with Crippen molar-refractivity contribution in [1.82, 2.24) is 0 Å². The van der Waals surface area contributed by atoms with Gasteiger partial charge < -0.3 is 14.2 Å². The van der Waals surface area contributed by atoms with E-state index in [4.69, 9.17) is 14.2 Å². The van der Waals surface area contributed by atoms with Gasteiger partial charge in [0.25, 0.3) is 0 Å². The standard InChI is InChI=1S/C20H22O3/c1-21-18-12-16(13-19(22-2)20(18)23-3)17-11-15(17)10-9-14-7-5-4-6-8-14/h4-10,12-13,15,17H,11H2,1-3H3/b10-9+/t15-,17+/m1/s1. The largest absolute Gasteiger partial charge is 0.493 e. The van der Waals surface area contributed by atoms with Crippen LogP contribution < -0.4 is 14.2 Å². The van der Waals surface area contributed by atoms with E-state index in [2.05, 4.69) is 48.6 Å². The highest BCUT2D eigenvalue weighted by Gasteiger charge is 2.37. The van der Waals surface area contributed by atoms with E-state index in [9.17, 15) is 0 Å². The minimum Gasteiger partial charge on any atom is -0.493 e. The van der Waals surface area contributed by atoms with Gasteiger partial charge in [-0.15, -0.1) is 0 Å². The smallest absolute Gasteiger partial charge is 0.203 e. The highest BCUT2D eigenvalue weighted by Crippen LogP contribution is 2.52. The molecule has 1 aliphatic rings. The normalized spacial score (nSPS) is 19.6. The molecule has 1 aliphatic carbocycles. The Morgan fingerprint density at radius 1 is 0.913 bits per heavy atom. The Kier molecular flexibility index (Phi) is 4.56. The van der Waals surface area contributed by atoms with Crippen LogP contribution >= 0.6 is 0 Å². The molecule has 0 radical (unpaired) electrons. The second-order valence-corrected chi connectivity index (χ2v) is 5.73. The molecule has 1 fully saturated rings. The lowest BCUT2D eigenvalue weighted by Gasteiger charge is -2.14. The number of hydrogen-bond donors (Lipinski definition) is 0. The molecule has 120 valence electrons. The molecule has 3 nitrogen and oxygen atoms in total. The van der Waals surface area contributed by atoms with Gasteiger partial charge in [0.05, 0.1) is 21.3 Å². The van der Waals surface area contributed by atoms with Gasteiger partial charge in [0.2, 0.25) is 5.75 Å². The Labute approximate surface area is 137 Å². The lowest BCUT2D eigenvalue weighted by atomic mass is 10.1. The summed E-state index contributed by atoms with van der Waals surface area (Å²) in [6, 6.07) is 14.5. The summed E-state index contributed by atoms with van der Waals surface area (Å²) >= 11 is 0. The third-order valence-corrected chi connectivity index (χ3v) is 4.29. The van der Waals surface area contributed by atoms with Gasteiger partial charge in [-0.3, -0.25) is 0 Å². The van der Waals surface area contributed by atoms with E-state index < -0.39 is 0 Å². The lowest BCUT2D eigenvalue weighted by molar-refractivity contribution is 0.324. The summed E-state index contributed by atoms with van der Waals surface area (Å²) in [5.41, 5.74) is 2.48. The van der Waals surface area contributed by atoms with Crippen LogP contribution in [0.25, 0.3) is 6.08 Å². The van der Waals surface area contributed by atoms with Gasteiger partial charge in [0, 0.05) is 0 Å². The molecule has 3 rings (SSSR count). The summed E-state index contributed by atoms with van der Waals surface area (Å²) < 4.78 is 16.3. The monoisotopic (exact) mass is 310 g/mol. The number of allylic oxidation sites excluding steroid dienone is 1. The third-order valence-electron chi connectivity index (χ3n) is 4.29. The number of methoxy groups -OCH3 is 3. The van der Waals surface area contributed by atoms with Crippen molar-refractivity contribution in [2.24, 2.45) is 5.92 Å². The second-order valence-electron chi connectivity index (χ2n) is 5.73. The minimum atomic E-state index is 0.517. The third kappa shape index (κ3) is 3.34. The van der Waals surface area contributed by atoms with Crippen LogP contribution in [0.3, 0.4) is 0 Å². The van der Waals surface area contributed by atoms with E-state index in [0.717, 1.165) is 17.9 Å². The zero-order chi connectivity index (χ0) is 16.2. The molecule has 0 bridgehead atoms. The van der Waals surface area contributed by atoms with Gasteiger partial charge in [-0.05, 0) is 41.5 Å². The van der Waals surface area contributed by atoms with Crippen molar-refractivity contribution in [3.8, 4) is 17.2 Å². The number of benzene rings is 2. The molecular formula is C20H22O3. The molecule has 0 aliphatic heterocycles. The first-order chi connectivity index (χ1) is 11.3. The quantitative estimate of drug-likeness (QED) is 0.784. The minimum absolute atomic E-state index is 0.517.